The van der Waals surface area contributed by atoms with E-state index in [1.54, 1.807) is 0 Å². The molecule has 0 aromatic carbocycles. The minimum Gasteiger partial charge on any atom is -0.370 e. The van der Waals surface area contributed by atoms with E-state index in [0.717, 1.165) is 19.5 Å². The highest BCUT2D eigenvalue weighted by molar-refractivity contribution is 5.54. The number of pyridine rings is 1. The van der Waals surface area contributed by atoms with Crippen molar-refractivity contribution in [3.05, 3.63) is 22.2 Å². The Bertz CT molecular complexity index is 423. The van der Waals surface area contributed by atoms with Crippen LogP contribution in [0.25, 0.3) is 0 Å². The van der Waals surface area contributed by atoms with Gasteiger partial charge in [-0.15, -0.1) is 0 Å². The van der Waals surface area contributed by atoms with E-state index in [0.29, 0.717) is 18.2 Å². The predicted octanol–water partition coefficient (Wildman–Crippen LogP) is 1.79. The Morgan fingerprint density at radius 3 is 2.32 bits per heavy atom. The first-order valence-electron chi connectivity index (χ1n) is 6.32. The van der Waals surface area contributed by atoms with Gasteiger partial charge in [0.15, 0.2) is 0 Å². The third-order valence-corrected chi connectivity index (χ3v) is 2.44. The molecule has 0 aliphatic rings. The molecule has 106 valence electrons. The van der Waals surface area contributed by atoms with Gasteiger partial charge < -0.3 is 15.5 Å². The van der Waals surface area contributed by atoms with Crippen molar-refractivity contribution in [3.8, 4) is 0 Å². The van der Waals surface area contributed by atoms with Crippen LogP contribution < -0.4 is 10.6 Å². The maximum atomic E-state index is 10.9. The molecule has 0 radical (unpaired) electrons. The van der Waals surface area contributed by atoms with Crippen molar-refractivity contribution in [2.45, 2.75) is 13.3 Å². The van der Waals surface area contributed by atoms with E-state index < -0.39 is 4.92 Å². The van der Waals surface area contributed by atoms with E-state index >= 15 is 0 Å². The van der Waals surface area contributed by atoms with Gasteiger partial charge in [-0.3, -0.25) is 10.1 Å². The van der Waals surface area contributed by atoms with Crippen LogP contribution in [0.5, 0.6) is 0 Å². The monoisotopic (exact) mass is 267 g/mol. The molecule has 0 aliphatic heterocycles. The lowest BCUT2D eigenvalue weighted by atomic mass is 10.3. The number of nitrogens with zero attached hydrogens (tertiary/aromatic N) is 3. The summed E-state index contributed by atoms with van der Waals surface area (Å²) in [5.41, 5.74) is 0.0426. The van der Waals surface area contributed by atoms with E-state index in [1.165, 1.54) is 12.1 Å². The molecule has 7 nitrogen and oxygen atoms in total. The van der Waals surface area contributed by atoms with Crippen molar-refractivity contribution in [1.82, 2.24) is 9.88 Å². The van der Waals surface area contributed by atoms with Crippen molar-refractivity contribution < 1.29 is 4.92 Å². The van der Waals surface area contributed by atoms with E-state index in [1.807, 2.05) is 25.9 Å². The summed E-state index contributed by atoms with van der Waals surface area (Å²) >= 11 is 0. The van der Waals surface area contributed by atoms with Crippen molar-refractivity contribution >= 4 is 17.3 Å². The maximum Gasteiger partial charge on any atom is 0.276 e. The normalized spacial score (nSPS) is 10.5. The van der Waals surface area contributed by atoms with Crippen LogP contribution in [0, 0.1) is 10.1 Å². The SMILES string of the molecule is CCCNc1cc([N+](=O)[O-])cc(NCCN(C)C)n1. The van der Waals surface area contributed by atoms with Crippen LogP contribution in [0.4, 0.5) is 17.3 Å². The first kappa shape index (κ1) is 15.2. The first-order valence-corrected chi connectivity index (χ1v) is 6.32. The fraction of sp³-hybridized carbons (Fsp3) is 0.583. The Kier molecular flexibility index (Phi) is 6.01. The largest absolute Gasteiger partial charge is 0.370 e. The van der Waals surface area contributed by atoms with Crippen LogP contribution in [-0.2, 0) is 0 Å². The van der Waals surface area contributed by atoms with E-state index in [2.05, 4.69) is 15.6 Å². The third-order valence-electron chi connectivity index (χ3n) is 2.44. The van der Waals surface area contributed by atoms with Crippen molar-refractivity contribution in [2.75, 3.05) is 44.4 Å². The molecule has 1 heterocycles. The summed E-state index contributed by atoms with van der Waals surface area (Å²) in [4.78, 5) is 16.8. The maximum absolute atomic E-state index is 10.9. The third kappa shape index (κ3) is 5.52. The Morgan fingerprint density at radius 2 is 1.84 bits per heavy atom. The number of hydrogen-bond donors (Lipinski definition) is 2. The molecule has 0 saturated heterocycles. The Hall–Kier alpha value is -1.89. The van der Waals surface area contributed by atoms with Crippen LogP contribution in [0.2, 0.25) is 0 Å². The summed E-state index contributed by atoms with van der Waals surface area (Å²) in [6.45, 7) is 4.29. The number of hydrogen-bond acceptors (Lipinski definition) is 6. The number of nitro groups is 1. The molecule has 19 heavy (non-hydrogen) atoms. The molecule has 0 saturated carbocycles. The van der Waals surface area contributed by atoms with E-state index in [4.69, 9.17) is 0 Å². The smallest absolute Gasteiger partial charge is 0.276 e. The predicted molar refractivity (Wildman–Crippen MR) is 76.7 cm³/mol. The second-order valence-electron chi connectivity index (χ2n) is 4.51. The van der Waals surface area contributed by atoms with Gasteiger partial charge in [-0.25, -0.2) is 4.98 Å². The number of anilines is 2. The minimum atomic E-state index is -0.407. The standard InChI is InChI=1S/C12H21N5O2/c1-4-5-13-11-8-10(17(18)19)9-12(15-11)14-6-7-16(2)3/h8-9H,4-7H2,1-3H3,(H2,13,14,15). The van der Waals surface area contributed by atoms with Crippen LogP contribution in [0.3, 0.4) is 0 Å². The number of rotatable bonds is 8. The van der Waals surface area contributed by atoms with Gasteiger partial charge in [0.25, 0.3) is 5.69 Å². The second-order valence-corrected chi connectivity index (χ2v) is 4.51. The lowest BCUT2D eigenvalue weighted by Gasteiger charge is -2.12. The van der Waals surface area contributed by atoms with Crippen molar-refractivity contribution in [1.29, 1.82) is 0 Å². The van der Waals surface area contributed by atoms with Gasteiger partial charge in [-0.2, -0.15) is 0 Å². The molecule has 7 heteroatoms. The van der Waals surface area contributed by atoms with Gasteiger partial charge in [0.2, 0.25) is 0 Å². The zero-order valence-corrected chi connectivity index (χ0v) is 11.6. The highest BCUT2D eigenvalue weighted by Gasteiger charge is 2.10. The topological polar surface area (TPSA) is 83.3 Å². The Labute approximate surface area is 113 Å². The van der Waals surface area contributed by atoms with Crippen LogP contribution in [-0.4, -0.2) is 48.5 Å². The molecular formula is C12H21N5O2. The molecule has 0 aliphatic carbocycles. The molecule has 0 bridgehead atoms. The Balaban J connectivity index is 2.77. The fourth-order valence-electron chi connectivity index (χ4n) is 1.46. The van der Waals surface area contributed by atoms with Gasteiger partial charge in [-0.05, 0) is 20.5 Å². The molecular weight excluding hydrogens is 246 g/mol. The van der Waals surface area contributed by atoms with Crippen LogP contribution >= 0.6 is 0 Å². The lowest BCUT2D eigenvalue weighted by Crippen LogP contribution is -2.21. The summed E-state index contributed by atoms with van der Waals surface area (Å²) in [5, 5.41) is 17.0. The fourth-order valence-corrected chi connectivity index (χ4v) is 1.46. The molecule has 1 aromatic rings. The molecule has 0 spiro atoms. The van der Waals surface area contributed by atoms with E-state index in [-0.39, 0.29) is 5.69 Å². The van der Waals surface area contributed by atoms with Gasteiger partial charge in [-0.1, -0.05) is 6.92 Å². The molecule has 1 aromatic heterocycles. The number of aromatic nitrogens is 1. The highest BCUT2D eigenvalue weighted by Crippen LogP contribution is 2.20. The molecule has 0 atom stereocenters. The summed E-state index contributed by atoms with van der Waals surface area (Å²) in [6.07, 6.45) is 0.938. The van der Waals surface area contributed by atoms with Crippen molar-refractivity contribution in [3.63, 3.8) is 0 Å². The molecule has 2 N–H and O–H groups in total. The summed E-state index contributed by atoms with van der Waals surface area (Å²) < 4.78 is 0. The summed E-state index contributed by atoms with van der Waals surface area (Å²) in [5.74, 6) is 1.05. The number of nitrogens with one attached hydrogen (secondary N) is 2. The average Bonchev–Trinajstić information content (AvgIpc) is 2.35. The molecule has 0 unspecified atom stereocenters. The van der Waals surface area contributed by atoms with Crippen LogP contribution in [0.1, 0.15) is 13.3 Å². The molecule has 0 amide bonds. The van der Waals surface area contributed by atoms with Crippen molar-refractivity contribution in [2.24, 2.45) is 0 Å². The Morgan fingerprint density at radius 1 is 1.26 bits per heavy atom. The minimum absolute atomic E-state index is 0.0426. The zero-order chi connectivity index (χ0) is 14.3. The van der Waals surface area contributed by atoms with Gasteiger partial charge >= 0.3 is 0 Å². The quantitative estimate of drug-likeness (QED) is 0.552. The van der Waals surface area contributed by atoms with E-state index in [9.17, 15) is 10.1 Å². The average molecular weight is 267 g/mol. The molecule has 0 fully saturated rings. The van der Waals surface area contributed by atoms with Gasteiger partial charge in [0, 0.05) is 19.6 Å². The van der Waals surface area contributed by atoms with Gasteiger partial charge in [0.1, 0.15) is 11.6 Å². The zero-order valence-electron chi connectivity index (χ0n) is 11.6. The van der Waals surface area contributed by atoms with Gasteiger partial charge in [0.05, 0.1) is 17.1 Å². The van der Waals surface area contributed by atoms with Crippen LogP contribution in [0.15, 0.2) is 12.1 Å². The summed E-state index contributed by atoms with van der Waals surface area (Å²) in [7, 11) is 3.94. The molecule has 1 rings (SSSR count). The highest BCUT2D eigenvalue weighted by atomic mass is 16.6. The number of likely N-dealkylation sites (N-methyl/N-ethyl adjacent to an activating group) is 1. The second kappa shape index (κ2) is 7.52. The summed E-state index contributed by atoms with van der Waals surface area (Å²) in [6, 6.07) is 2.90. The lowest BCUT2D eigenvalue weighted by molar-refractivity contribution is -0.384. The first-order chi connectivity index (χ1) is 9.02.